The number of rotatable bonds is 8. The van der Waals surface area contributed by atoms with Crippen LogP contribution in [0.25, 0.3) is 0 Å². The smallest absolute Gasteiger partial charge is 0.153 e. The number of unbranched alkanes of at least 4 members (excludes halogenated alkanes) is 2. The van der Waals surface area contributed by atoms with Crippen molar-refractivity contribution in [2.24, 2.45) is 0 Å². The summed E-state index contributed by atoms with van der Waals surface area (Å²) in [5, 5.41) is 7.76. The summed E-state index contributed by atoms with van der Waals surface area (Å²) in [6.07, 6.45) is 6.95. The number of hydrogen-bond donors (Lipinski definition) is 1. The minimum absolute atomic E-state index is 0.104. The van der Waals surface area contributed by atoms with Gasteiger partial charge in [-0.3, -0.25) is 0 Å². The first-order chi connectivity index (χ1) is 12.5. The fourth-order valence-electron chi connectivity index (χ4n) is 3.58. The van der Waals surface area contributed by atoms with Gasteiger partial charge in [0.2, 0.25) is 0 Å². The maximum Gasteiger partial charge on any atom is 0.153 e. The first-order valence-corrected chi connectivity index (χ1v) is 9.90. The van der Waals surface area contributed by atoms with Crippen LogP contribution in [0.2, 0.25) is 0 Å². The Hall–Kier alpha value is -1.65. The molecule has 0 saturated carbocycles. The molecule has 3 rings (SSSR count). The van der Waals surface area contributed by atoms with Crippen LogP contribution in [0.1, 0.15) is 69.5 Å². The van der Waals surface area contributed by atoms with Gasteiger partial charge in [-0.15, -0.1) is 0 Å². The van der Waals surface area contributed by atoms with Crippen molar-refractivity contribution in [2.75, 3.05) is 6.54 Å². The van der Waals surface area contributed by atoms with E-state index in [1.165, 1.54) is 18.4 Å². The highest BCUT2D eigenvalue weighted by molar-refractivity contribution is 5.14. The molecule has 1 aliphatic heterocycles. The molecule has 0 amide bonds. The minimum Gasteiger partial charge on any atom is -0.371 e. The number of nitrogens with zero attached hydrogens (tertiary/aromatic N) is 1. The molecule has 4 heteroatoms. The van der Waals surface area contributed by atoms with E-state index >= 15 is 0 Å². The van der Waals surface area contributed by atoms with Crippen LogP contribution in [0, 0.1) is 0 Å². The predicted molar refractivity (Wildman–Crippen MR) is 104 cm³/mol. The molecule has 0 spiro atoms. The van der Waals surface area contributed by atoms with Crippen molar-refractivity contribution >= 4 is 0 Å². The van der Waals surface area contributed by atoms with Gasteiger partial charge in [-0.25, -0.2) is 0 Å². The predicted octanol–water partition coefficient (Wildman–Crippen LogP) is 4.85. The van der Waals surface area contributed by atoms with E-state index < -0.39 is 0 Å². The van der Waals surface area contributed by atoms with Crippen molar-refractivity contribution in [1.29, 1.82) is 0 Å². The zero-order chi connectivity index (χ0) is 18.4. The van der Waals surface area contributed by atoms with E-state index in [9.17, 15) is 0 Å². The molecule has 1 aromatic carbocycles. The van der Waals surface area contributed by atoms with Crippen molar-refractivity contribution in [2.45, 2.75) is 77.0 Å². The van der Waals surface area contributed by atoms with E-state index in [-0.39, 0.29) is 17.7 Å². The summed E-state index contributed by atoms with van der Waals surface area (Å²) in [4.78, 5) is 0. The van der Waals surface area contributed by atoms with Gasteiger partial charge >= 0.3 is 0 Å². The average molecular weight is 357 g/mol. The van der Waals surface area contributed by atoms with Gasteiger partial charge in [-0.1, -0.05) is 41.9 Å². The summed E-state index contributed by atoms with van der Waals surface area (Å²) in [5.74, 6) is 0.948. The molecular formula is C22H32N2O2. The monoisotopic (exact) mass is 356 g/mol. The number of hydrogen-bond acceptors (Lipinski definition) is 4. The molecule has 0 bridgehead atoms. The highest BCUT2D eigenvalue weighted by Crippen LogP contribution is 2.28. The maximum atomic E-state index is 6.06. The molecule has 1 saturated heterocycles. The quantitative estimate of drug-likeness (QED) is 0.687. The van der Waals surface area contributed by atoms with E-state index in [1.54, 1.807) is 0 Å². The van der Waals surface area contributed by atoms with Crippen LogP contribution in [0.5, 0.6) is 0 Å². The highest BCUT2D eigenvalue weighted by Gasteiger charge is 2.31. The van der Waals surface area contributed by atoms with Gasteiger partial charge in [0.15, 0.2) is 5.76 Å². The molecule has 4 nitrogen and oxygen atoms in total. The van der Waals surface area contributed by atoms with Crippen molar-refractivity contribution < 1.29 is 9.26 Å². The second-order valence-corrected chi connectivity index (χ2v) is 8.32. The Morgan fingerprint density at radius 2 is 1.88 bits per heavy atom. The summed E-state index contributed by atoms with van der Waals surface area (Å²) < 4.78 is 11.6. The van der Waals surface area contributed by atoms with Gasteiger partial charge in [0.25, 0.3) is 0 Å². The molecule has 2 atom stereocenters. The maximum absolute atomic E-state index is 6.06. The topological polar surface area (TPSA) is 47.3 Å². The summed E-state index contributed by atoms with van der Waals surface area (Å²) >= 11 is 0. The summed E-state index contributed by atoms with van der Waals surface area (Å²) in [6, 6.07) is 13.0. The second kappa shape index (κ2) is 8.83. The third-order valence-corrected chi connectivity index (χ3v) is 4.77. The Morgan fingerprint density at radius 1 is 1.12 bits per heavy atom. The first-order valence-electron chi connectivity index (χ1n) is 9.90. The van der Waals surface area contributed by atoms with Crippen LogP contribution in [0.4, 0.5) is 0 Å². The largest absolute Gasteiger partial charge is 0.371 e. The zero-order valence-corrected chi connectivity index (χ0v) is 16.3. The van der Waals surface area contributed by atoms with E-state index in [0.29, 0.717) is 0 Å². The minimum atomic E-state index is -0.104. The van der Waals surface area contributed by atoms with Gasteiger partial charge < -0.3 is 14.6 Å². The van der Waals surface area contributed by atoms with Crippen LogP contribution in [0.3, 0.4) is 0 Å². The van der Waals surface area contributed by atoms with E-state index in [4.69, 9.17) is 9.26 Å². The number of ether oxygens (including phenoxy) is 1. The highest BCUT2D eigenvalue weighted by atomic mass is 16.5. The lowest BCUT2D eigenvalue weighted by molar-refractivity contribution is -0.0512. The van der Waals surface area contributed by atoms with E-state index in [0.717, 1.165) is 43.7 Å². The van der Waals surface area contributed by atoms with Crippen LogP contribution in [0.15, 0.2) is 40.9 Å². The molecule has 1 N–H and O–H groups in total. The summed E-state index contributed by atoms with van der Waals surface area (Å²) in [6.45, 7) is 7.18. The average Bonchev–Trinajstić information content (AvgIpc) is 3.23. The lowest BCUT2D eigenvalue weighted by Gasteiger charge is -2.24. The third-order valence-electron chi connectivity index (χ3n) is 4.77. The number of aryl methyl sites for hydroxylation is 2. The molecular weight excluding hydrogens is 324 g/mol. The molecule has 0 unspecified atom stereocenters. The Morgan fingerprint density at radius 3 is 2.65 bits per heavy atom. The van der Waals surface area contributed by atoms with Gasteiger partial charge in [0, 0.05) is 12.6 Å². The van der Waals surface area contributed by atoms with Gasteiger partial charge in [0.05, 0.1) is 23.4 Å². The van der Waals surface area contributed by atoms with E-state index in [2.05, 4.69) is 67.6 Å². The molecule has 1 fully saturated rings. The molecule has 0 radical (unpaired) electrons. The van der Waals surface area contributed by atoms with Crippen LogP contribution in [-0.2, 0) is 17.6 Å². The molecule has 2 aromatic rings. The van der Waals surface area contributed by atoms with E-state index in [1.807, 2.05) is 0 Å². The summed E-state index contributed by atoms with van der Waals surface area (Å²) in [7, 11) is 0. The normalized spacial score (nSPS) is 20.6. The van der Waals surface area contributed by atoms with Gasteiger partial charge in [-0.2, -0.15) is 0 Å². The molecule has 26 heavy (non-hydrogen) atoms. The van der Waals surface area contributed by atoms with Crippen LogP contribution < -0.4 is 5.32 Å². The van der Waals surface area contributed by atoms with Crippen LogP contribution in [-0.4, -0.2) is 23.4 Å². The van der Waals surface area contributed by atoms with Crippen molar-refractivity contribution in [3.05, 3.63) is 53.4 Å². The number of nitrogens with one attached hydrogen (secondary N) is 1. The molecule has 0 aliphatic carbocycles. The standard InChI is InChI=1S/C22H32N2O2/c1-22(2,3)25-19-15-20(23-16-19)21-14-18(24-26-21)13-9-5-8-12-17-10-6-4-7-11-17/h4,6-7,10-11,14,19-20,23H,5,8-9,12-13,15-16H2,1-3H3/t19-,20+/m1/s1. The number of aromatic nitrogens is 1. The zero-order valence-electron chi connectivity index (χ0n) is 16.3. The summed E-state index contributed by atoms with van der Waals surface area (Å²) in [5.41, 5.74) is 2.39. The first kappa shape index (κ1) is 19.1. The van der Waals surface area contributed by atoms with Gasteiger partial charge in [-0.05, 0) is 58.4 Å². The van der Waals surface area contributed by atoms with Crippen molar-refractivity contribution in [1.82, 2.24) is 10.5 Å². The third kappa shape index (κ3) is 5.96. The second-order valence-electron chi connectivity index (χ2n) is 8.32. The van der Waals surface area contributed by atoms with Crippen molar-refractivity contribution in [3.63, 3.8) is 0 Å². The Labute approximate surface area is 157 Å². The lowest BCUT2D eigenvalue weighted by Crippen LogP contribution is -2.28. The Kier molecular flexibility index (Phi) is 6.49. The number of benzene rings is 1. The lowest BCUT2D eigenvalue weighted by atomic mass is 10.1. The molecule has 142 valence electrons. The Bertz CT molecular complexity index is 660. The Balaban J connectivity index is 1.37. The van der Waals surface area contributed by atoms with Crippen molar-refractivity contribution in [3.8, 4) is 0 Å². The fourth-order valence-corrected chi connectivity index (χ4v) is 3.58. The SMILES string of the molecule is CC(C)(C)O[C@H]1CN[C@H](c2cc(CCCCCc3ccccc3)no2)C1. The fraction of sp³-hybridized carbons (Fsp3) is 0.591. The molecule has 2 heterocycles. The molecule has 1 aliphatic rings. The van der Waals surface area contributed by atoms with Gasteiger partial charge in [0.1, 0.15) is 0 Å². The molecule has 1 aromatic heterocycles. The van der Waals surface area contributed by atoms with Crippen LogP contribution >= 0.6 is 0 Å².